The zero-order valence-electron chi connectivity index (χ0n) is 17.6. The second-order valence-electron chi connectivity index (χ2n) is 7.20. The van der Waals surface area contributed by atoms with Crippen LogP contribution in [0.3, 0.4) is 0 Å². The molecule has 32 heavy (non-hydrogen) atoms. The molecule has 0 unspecified atom stereocenters. The highest BCUT2D eigenvalue weighted by Crippen LogP contribution is 2.32. The Hall–Kier alpha value is -4.43. The number of carbonyl (C=O) groups is 1. The number of nitriles is 1. The number of carbonyl (C=O) groups excluding carboxylic acids is 1. The molecule has 156 valence electrons. The summed E-state index contributed by atoms with van der Waals surface area (Å²) in [4.78, 5) is 26.3. The molecule has 1 aromatic heterocycles. The van der Waals surface area contributed by atoms with Crippen molar-refractivity contribution in [1.29, 1.82) is 5.26 Å². The molecule has 4 rings (SSSR count). The molecule has 0 aliphatic rings. The monoisotopic (exact) mass is 421 g/mol. The fourth-order valence-corrected chi connectivity index (χ4v) is 3.53. The van der Waals surface area contributed by atoms with Crippen LogP contribution in [0.2, 0.25) is 0 Å². The highest BCUT2D eigenvalue weighted by atomic mass is 16.5. The molecular weight excluding hydrogens is 402 g/mol. The molecule has 0 bridgehead atoms. The first kappa shape index (κ1) is 20.8. The van der Waals surface area contributed by atoms with Gasteiger partial charge in [0.25, 0.3) is 0 Å². The zero-order chi connectivity index (χ0) is 22.7. The molecule has 0 amide bonds. The Morgan fingerprint density at radius 1 is 1.03 bits per heavy atom. The minimum Gasteiger partial charge on any atom is -0.496 e. The van der Waals surface area contributed by atoms with E-state index in [9.17, 15) is 9.59 Å². The van der Waals surface area contributed by atoms with E-state index < -0.39 is 0 Å². The van der Waals surface area contributed by atoms with Crippen LogP contribution >= 0.6 is 0 Å². The summed E-state index contributed by atoms with van der Waals surface area (Å²) in [6.07, 6.45) is 3.05. The molecule has 1 heterocycles. The molecule has 0 fully saturated rings. The molecule has 0 atom stereocenters. The molecular formula is C27H19NO4. The van der Waals surface area contributed by atoms with Gasteiger partial charge in [0.1, 0.15) is 17.1 Å². The third kappa shape index (κ3) is 3.82. The zero-order valence-corrected chi connectivity index (χ0v) is 17.6. The Bertz CT molecular complexity index is 1440. The topological polar surface area (TPSA) is 80.3 Å². The maximum atomic E-state index is 13.2. The van der Waals surface area contributed by atoms with Crippen LogP contribution in [0.4, 0.5) is 0 Å². The van der Waals surface area contributed by atoms with Crippen LogP contribution < -0.4 is 10.2 Å². The molecule has 3 aromatic carbocycles. The molecule has 0 saturated heterocycles. The summed E-state index contributed by atoms with van der Waals surface area (Å²) in [6.45, 7) is 1.71. The van der Waals surface area contributed by atoms with Crippen molar-refractivity contribution < 1.29 is 13.9 Å². The van der Waals surface area contributed by atoms with Crippen LogP contribution in [0, 0.1) is 18.3 Å². The normalized spacial score (nSPS) is 10.9. The Morgan fingerprint density at radius 2 is 1.75 bits per heavy atom. The van der Waals surface area contributed by atoms with Crippen molar-refractivity contribution in [3.63, 3.8) is 0 Å². The van der Waals surface area contributed by atoms with Gasteiger partial charge in [0.2, 0.25) is 0 Å². The molecule has 5 heteroatoms. The molecule has 4 aromatic rings. The lowest BCUT2D eigenvalue weighted by atomic mass is 10.0. The summed E-state index contributed by atoms with van der Waals surface area (Å²) in [5.41, 5.74) is 2.70. The summed E-state index contributed by atoms with van der Waals surface area (Å²) in [5, 5.41) is 9.25. The van der Waals surface area contributed by atoms with E-state index in [1.54, 1.807) is 49.4 Å². The number of benzene rings is 3. The van der Waals surface area contributed by atoms with Crippen molar-refractivity contribution in [2.75, 3.05) is 7.11 Å². The maximum absolute atomic E-state index is 13.2. The highest BCUT2D eigenvalue weighted by molar-refractivity contribution is 6.15. The number of nitrogens with zero attached hydrogens (tertiary/aromatic N) is 1. The predicted octanol–water partition coefficient (Wildman–Crippen LogP) is 5.54. The van der Waals surface area contributed by atoms with E-state index in [0.29, 0.717) is 28.0 Å². The molecule has 0 radical (unpaired) electrons. The van der Waals surface area contributed by atoms with Crippen molar-refractivity contribution >= 4 is 22.8 Å². The van der Waals surface area contributed by atoms with Gasteiger partial charge in [0, 0.05) is 11.1 Å². The lowest BCUT2D eigenvalue weighted by Gasteiger charge is -2.12. The standard InChI is InChI=1S/C27H19NO4/c1-17-25(30)21-13-15-23(31-2)24(27(21)32-26(17)20-6-4-3-5-7-20)22(29)14-12-18-8-10-19(16-28)11-9-18/h3-15H,1-2H3. The Balaban J connectivity index is 1.88. The summed E-state index contributed by atoms with van der Waals surface area (Å²) in [6, 6.07) is 21.4. The lowest BCUT2D eigenvalue weighted by Crippen LogP contribution is -2.10. The lowest BCUT2D eigenvalue weighted by molar-refractivity contribution is 0.104. The van der Waals surface area contributed by atoms with E-state index in [0.717, 1.165) is 11.1 Å². The molecule has 0 spiro atoms. The van der Waals surface area contributed by atoms with Gasteiger partial charge in [0.15, 0.2) is 16.8 Å². The van der Waals surface area contributed by atoms with Crippen molar-refractivity contribution in [2.45, 2.75) is 6.92 Å². The van der Waals surface area contributed by atoms with E-state index in [4.69, 9.17) is 14.4 Å². The Kier molecular flexibility index (Phi) is 5.69. The fourth-order valence-electron chi connectivity index (χ4n) is 3.53. The van der Waals surface area contributed by atoms with E-state index in [2.05, 4.69) is 6.07 Å². The van der Waals surface area contributed by atoms with Crippen molar-refractivity contribution in [3.8, 4) is 23.1 Å². The molecule has 0 aliphatic carbocycles. The van der Waals surface area contributed by atoms with Gasteiger partial charge < -0.3 is 9.15 Å². The SMILES string of the molecule is COc1ccc2c(=O)c(C)c(-c3ccccc3)oc2c1C(=O)C=Cc1ccc(C#N)cc1. The predicted molar refractivity (Wildman–Crippen MR) is 124 cm³/mol. The van der Waals surface area contributed by atoms with E-state index >= 15 is 0 Å². The second-order valence-corrected chi connectivity index (χ2v) is 7.20. The van der Waals surface area contributed by atoms with Crippen LogP contribution in [0.15, 0.2) is 82.0 Å². The average Bonchev–Trinajstić information content (AvgIpc) is 2.84. The van der Waals surface area contributed by atoms with Crippen LogP contribution in [-0.2, 0) is 0 Å². The first-order valence-electron chi connectivity index (χ1n) is 9.96. The third-order valence-electron chi connectivity index (χ3n) is 5.22. The Morgan fingerprint density at radius 3 is 2.41 bits per heavy atom. The number of hydrogen-bond donors (Lipinski definition) is 0. The van der Waals surface area contributed by atoms with Crippen molar-refractivity contribution in [1.82, 2.24) is 0 Å². The fraction of sp³-hybridized carbons (Fsp3) is 0.0741. The Labute approximate surface area is 184 Å². The van der Waals surface area contributed by atoms with Crippen LogP contribution in [0.25, 0.3) is 28.4 Å². The van der Waals surface area contributed by atoms with Crippen LogP contribution in [0.1, 0.15) is 27.0 Å². The third-order valence-corrected chi connectivity index (χ3v) is 5.22. The number of ether oxygens (including phenoxy) is 1. The van der Waals surface area contributed by atoms with Gasteiger partial charge in [0.05, 0.1) is 24.1 Å². The summed E-state index contributed by atoms with van der Waals surface area (Å²) in [7, 11) is 1.46. The van der Waals surface area contributed by atoms with Crippen LogP contribution in [-0.4, -0.2) is 12.9 Å². The number of methoxy groups -OCH3 is 1. The number of ketones is 1. The quantitative estimate of drug-likeness (QED) is 0.312. The van der Waals surface area contributed by atoms with Crippen molar-refractivity contribution in [3.05, 3.63) is 105 Å². The number of rotatable bonds is 5. The van der Waals surface area contributed by atoms with Gasteiger partial charge in [-0.1, -0.05) is 48.5 Å². The molecule has 0 saturated carbocycles. The van der Waals surface area contributed by atoms with Gasteiger partial charge in [-0.3, -0.25) is 9.59 Å². The maximum Gasteiger partial charge on any atom is 0.196 e. The largest absolute Gasteiger partial charge is 0.496 e. The summed E-state index contributed by atoms with van der Waals surface area (Å²) < 4.78 is 11.6. The van der Waals surface area contributed by atoms with Gasteiger partial charge in [-0.25, -0.2) is 0 Å². The number of hydrogen-bond acceptors (Lipinski definition) is 5. The molecule has 0 N–H and O–H groups in total. The molecule has 5 nitrogen and oxygen atoms in total. The average molecular weight is 421 g/mol. The number of allylic oxidation sites excluding steroid dienone is 1. The summed E-state index contributed by atoms with van der Waals surface area (Å²) in [5.74, 6) is 0.377. The van der Waals surface area contributed by atoms with Gasteiger partial charge in [-0.05, 0) is 42.8 Å². The van der Waals surface area contributed by atoms with Crippen molar-refractivity contribution in [2.24, 2.45) is 0 Å². The van der Waals surface area contributed by atoms with Crippen LogP contribution in [0.5, 0.6) is 5.75 Å². The van der Waals surface area contributed by atoms with E-state index in [1.807, 2.05) is 30.3 Å². The minimum atomic E-state index is -0.358. The second kappa shape index (κ2) is 8.75. The minimum absolute atomic E-state index is 0.184. The molecule has 0 aliphatic heterocycles. The first-order chi connectivity index (χ1) is 15.5. The van der Waals surface area contributed by atoms with E-state index in [1.165, 1.54) is 13.2 Å². The highest BCUT2D eigenvalue weighted by Gasteiger charge is 2.21. The van der Waals surface area contributed by atoms with E-state index in [-0.39, 0.29) is 22.4 Å². The summed E-state index contributed by atoms with van der Waals surface area (Å²) >= 11 is 0. The smallest absolute Gasteiger partial charge is 0.196 e. The van der Waals surface area contributed by atoms with Gasteiger partial charge in [-0.15, -0.1) is 0 Å². The van der Waals surface area contributed by atoms with Gasteiger partial charge >= 0.3 is 0 Å². The first-order valence-corrected chi connectivity index (χ1v) is 9.96. The number of fused-ring (bicyclic) bond motifs is 1. The van der Waals surface area contributed by atoms with Gasteiger partial charge in [-0.2, -0.15) is 5.26 Å².